The minimum Gasteiger partial charge on any atom is -0.449 e. The van der Waals surface area contributed by atoms with Crippen LogP contribution >= 0.6 is 23.2 Å². The predicted octanol–water partition coefficient (Wildman–Crippen LogP) is 2.82. The molecule has 2 aromatic rings. The Kier molecular flexibility index (Phi) is 6.25. The van der Waals surface area contributed by atoms with Crippen molar-refractivity contribution < 1.29 is 22.7 Å². The van der Waals surface area contributed by atoms with Crippen LogP contribution < -0.4 is 10.5 Å². The van der Waals surface area contributed by atoms with Crippen LogP contribution in [-0.4, -0.2) is 26.4 Å². The highest BCUT2D eigenvalue weighted by Gasteiger charge is 2.21. The summed E-state index contributed by atoms with van der Waals surface area (Å²) in [6.07, 6.45) is -1.13. The molecule has 1 amide bonds. The van der Waals surface area contributed by atoms with E-state index in [0.29, 0.717) is 5.69 Å². The molecule has 2 rings (SSSR count). The molecule has 26 heavy (non-hydrogen) atoms. The molecule has 2 aromatic carbocycles. The summed E-state index contributed by atoms with van der Waals surface area (Å²) in [7, 11) is -3.82. The number of amides is 1. The number of hydrogen-bond donors (Lipinski definition) is 2. The molecular formula is C16H14Cl2N2O5S. The summed E-state index contributed by atoms with van der Waals surface area (Å²) < 4.78 is 27.5. The fourth-order valence-electron chi connectivity index (χ4n) is 1.91. The van der Waals surface area contributed by atoms with E-state index in [1.54, 1.807) is 0 Å². The first-order valence-corrected chi connectivity index (χ1v) is 9.48. The minimum atomic E-state index is -3.82. The quantitative estimate of drug-likeness (QED) is 0.726. The minimum absolute atomic E-state index is 0.0327. The van der Waals surface area contributed by atoms with Gasteiger partial charge < -0.3 is 10.1 Å². The first-order chi connectivity index (χ1) is 12.1. The number of esters is 1. The molecule has 3 N–H and O–H groups in total. The van der Waals surface area contributed by atoms with Crippen LogP contribution in [0.4, 0.5) is 5.69 Å². The molecule has 0 saturated carbocycles. The molecule has 0 unspecified atom stereocenters. The number of carbonyl (C=O) groups excluding carboxylic acids is 2. The standard InChI is InChI=1S/C16H14Cl2N2O5S/c1-9(25-16(22)12-3-2-4-13(17)14(12)18)15(21)20-10-5-7-11(8-6-10)26(19,23)24/h2-9H,1H3,(H,20,21)(H2,19,23,24)/t9-/m0/s1. The Bertz CT molecular complexity index is 946. The van der Waals surface area contributed by atoms with Gasteiger partial charge in [0.2, 0.25) is 10.0 Å². The van der Waals surface area contributed by atoms with Gasteiger partial charge in [0.15, 0.2) is 6.10 Å². The van der Waals surface area contributed by atoms with Gasteiger partial charge in [0, 0.05) is 5.69 Å². The Morgan fingerprint density at radius 1 is 1.12 bits per heavy atom. The molecule has 0 aliphatic heterocycles. The smallest absolute Gasteiger partial charge is 0.340 e. The van der Waals surface area contributed by atoms with Crippen LogP contribution in [0.1, 0.15) is 17.3 Å². The number of hydrogen-bond acceptors (Lipinski definition) is 5. The van der Waals surface area contributed by atoms with E-state index in [4.69, 9.17) is 33.1 Å². The fourth-order valence-corrected chi connectivity index (χ4v) is 2.80. The van der Waals surface area contributed by atoms with Crippen molar-refractivity contribution in [1.82, 2.24) is 0 Å². The van der Waals surface area contributed by atoms with Crippen molar-refractivity contribution in [3.63, 3.8) is 0 Å². The highest BCUT2D eigenvalue weighted by molar-refractivity contribution is 7.89. The summed E-state index contributed by atoms with van der Waals surface area (Å²) >= 11 is 11.8. The topological polar surface area (TPSA) is 116 Å². The lowest BCUT2D eigenvalue weighted by Crippen LogP contribution is -2.30. The highest BCUT2D eigenvalue weighted by atomic mass is 35.5. The lowest BCUT2D eigenvalue weighted by molar-refractivity contribution is -0.123. The predicted molar refractivity (Wildman–Crippen MR) is 97.8 cm³/mol. The van der Waals surface area contributed by atoms with E-state index in [1.807, 2.05) is 0 Å². The summed E-state index contributed by atoms with van der Waals surface area (Å²) in [5.74, 6) is -1.41. The molecule has 0 aliphatic carbocycles. The highest BCUT2D eigenvalue weighted by Crippen LogP contribution is 2.26. The van der Waals surface area contributed by atoms with E-state index < -0.39 is 28.0 Å². The largest absolute Gasteiger partial charge is 0.449 e. The van der Waals surface area contributed by atoms with Gasteiger partial charge in [0.25, 0.3) is 5.91 Å². The van der Waals surface area contributed by atoms with Crippen molar-refractivity contribution >= 4 is 50.8 Å². The lowest BCUT2D eigenvalue weighted by Gasteiger charge is -2.14. The van der Waals surface area contributed by atoms with E-state index in [2.05, 4.69) is 5.32 Å². The Hall–Kier alpha value is -2.13. The number of nitrogens with two attached hydrogens (primary N) is 1. The van der Waals surface area contributed by atoms with Crippen molar-refractivity contribution in [3.8, 4) is 0 Å². The zero-order valence-electron chi connectivity index (χ0n) is 13.4. The van der Waals surface area contributed by atoms with Gasteiger partial charge in [-0.15, -0.1) is 0 Å². The van der Waals surface area contributed by atoms with E-state index in [-0.39, 0.29) is 20.5 Å². The van der Waals surface area contributed by atoms with Crippen LogP contribution in [0.25, 0.3) is 0 Å². The molecule has 0 bridgehead atoms. The number of halogens is 2. The van der Waals surface area contributed by atoms with Crippen molar-refractivity contribution in [2.45, 2.75) is 17.9 Å². The molecule has 0 heterocycles. The van der Waals surface area contributed by atoms with E-state index >= 15 is 0 Å². The molecule has 1 atom stereocenters. The second-order valence-corrected chi connectivity index (χ2v) is 7.55. The van der Waals surface area contributed by atoms with Crippen LogP contribution in [0.5, 0.6) is 0 Å². The number of carbonyl (C=O) groups is 2. The Labute approximate surface area is 160 Å². The van der Waals surface area contributed by atoms with Crippen LogP contribution in [-0.2, 0) is 19.6 Å². The first kappa shape index (κ1) is 20.2. The Balaban J connectivity index is 2.03. The van der Waals surface area contributed by atoms with Gasteiger partial charge in [-0.3, -0.25) is 4.79 Å². The molecule has 10 heteroatoms. The van der Waals surface area contributed by atoms with Gasteiger partial charge in [-0.2, -0.15) is 0 Å². The summed E-state index contributed by atoms with van der Waals surface area (Å²) in [5.41, 5.74) is 0.349. The van der Waals surface area contributed by atoms with Crippen LogP contribution in [0.2, 0.25) is 10.0 Å². The van der Waals surface area contributed by atoms with Gasteiger partial charge in [-0.1, -0.05) is 29.3 Å². The van der Waals surface area contributed by atoms with Gasteiger partial charge >= 0.3 is 5.97 Å². The summed E-state index contributed by atoms with van der Waals surface area (Å²) in [6, 6.07) is 9.68. The van der Waals surface area contributed by atoms with Crippen molar-refractivity contribution in [2.24, 2.45) is 5.14 Å². The third kappa shape index (κ3) is 4.95. The maximum atomic E-state index is 12.1. The molecule has 0 aliphatic rings. The van der Waals surface area contributed by atoms with E-state index in [0.717, 1.165) is 0 Å². The van der Waals surface area contributed by atoms with E-state index in [9.17, 15) is 18.0 Å². The maximum Gasteiger partial charge on any atom is 0.340 e. The Morgan fingerprint density at radius 2 is 1.73 bits per heavy atom. The van der Waals surface area contributed by atoms with E-state index in [1.165, 1.54) is 49.4 Å². The van der Waals surface area contributed by atoms with Gasteiger partial charge in [-0.05, 0) is 43.3 Å². The normalized spacial score (nSPS) is 12.3. The summed E-state index contributed by atoms with van der Waals surface area (Å²) in [4.78, 5) is 24.1. The number of ether oxygens (including phenoxy) is 1. The lowest BCUT2D eigenvalue weighted by atomic mass is 10.2. The third-order valence-corrected chi connectivity index (χ3v) is 5.02. The molecule has 7 nitrogen and oxygen atoms in total. The first-order valence-electron chi connectivity index (χ1n) is 7.18. The molecule has 0 fully saturated rings. The number of anilines is 1. The van der Waals surface area contributed by atoms with Crippen LogP contribution in [0.3, 0.4) is 0 Å². The van der Waals surface area contributed by atoms with Gasteiger partial charge in [-0.25, -0.2) is 18.4 Å². The fraction of sp³-hybridized carbons (Fsp3) is 0.125. The number of nitrogens with one attached hydrogen (secondary N) is 1. The SMILES string of the molecule is C[C@H](OC(=O)c1cccc(Cl)c1Cl)C(=O)Nc1ccc(S(N)(=O)=O)cc1. The summed E-state index contributed by atoms with van der Waals surface area (Å²) in [6.45, 7) is 1.38. The van der Waals surface area contributed by atoms with Gasteiger partial charge in [0.1, 0.15) is 0 Å². The zero-order valence-corrected chi connectivity index (χ0v) is 15.7. The zero-order chi connectivity index (χ0) is 19.5. The summed E-state index contributed by atoms with van der Waals surface area (Å²) in [5, 5.41) is 7.71. The number of benzene rings is 2. The monoisotopic (exact) mass is 416 g/mol. The third-order valence-electron chi connectivity index (χ3n) is 3.27. The number of primary sulfonamides is 1. The second kappa shape index (κ2) is 8.05. The van der Waals surface area contributed by atoms with Crippen molar-refractivity contribution in [2.75, 3.05) is 5.32 Å². The second-order valence-electron chi connectivity index (χ2n) is 5.21. The Morgan fingerprint density at radius 3 is 2.31 bits per heavy atom. The van der Waals surface area contributed by atoms with Crippen molar-refractivity contribution in [3.05, 3.63) is 58.1 Å². The molecule has 0 spiro atoms. The molecular weight excluding hydrogens is 403 g/mol. The number of rotatable bonds is 5. The average Bonchev–Trinajstić information content (AvgIpc) is 2.56. The van der Waals surface area contributed by atoms with Gasteiger partial charge in [0.05, 0.1) is 20.5 Å². The van der Waals surface area contributed by atoms with Crippen LogP contribution in [0, 0.1) is 0 Å². The maximum absolute atomic E-state index is 12.1. The average molecular weight is 417 g/mol. The number of sulfonamides is 1. The molecule has 0 saturated heterocycles. The molecule has 0 aromatic heterocycles. The van der Waals surface area contributed by atoms with Crippen molar-refractivity contribution in [1.29, 1.82) is 0 Å². The molecule has 138 valence electrons. The molecule has 0 radical (unpaired) electrons. The van der Waals surface area contributed by atoms with Crippen LogP contribution in [0.15, 0.2) is 47.4 Å².